The molecule has 188 valence electrons. The molecule has 1 saturated heterocycles. The maximum absolute atomic E-state index is 14.5. The monoisotopic (exact) mass is 500 g/mol. The molecule has 2 atom stereocenters. The Morgan fingerprint density at radius 1 is 1.20 bits per heavy atom. The van der Waals surface area contributed by atoms with Gasteiger partial charge in [0.25, 0.3) is 0 Å². The van der Waals surface area contributed by atoms with Gasteiger partial charge in [0.05, 0.1) is 28.8 Å². The largest absolute Gasteiger partial charge is 0.376 e. The van der Waals surface area contributed by atoms with E-state index in [0.717, 1.165) is 50.9 Å². The van der Waals surface area contributed by atoms with E-state index in [1.54, 1.807) is 12.3 Å². The zero-order valence-electron chi connectivity index (χ0n) is 20.2. The van der Waals surface area contributed by atoms with E-state index < -0.39 is 5.82 Å². The lowest BCUT2D eigenvalue weighted by Crippen LogP contribution is -2.37. The van der Waals surface area contributed by atoms with Gasteiger partial charge in [-0.15, -0.1) is 0 Å². The molecule has 1 saturated carbocycles. The highest BCUT2D eigenvalue weighted by atomic mass is 35.5. The molecule has 1 aliphatic carbocycles. The van der Waals surface area contributed by atoms with Crippen LogP contribution in [0, 0.1) is 23.1 Å². The third-order valence-corrected chi connectivity index (χ3v) is 7.09. The number of hydrogen-bond acceptors (Lipinski definition) is 7. The highest BCUT2D eigenvalue weighted by Gasteiger charge is 2.23. The minimum Gasteiger partial charge on any atom is -0.376 e. The van der Waals surface area contributed by atoms with Gasteiger partial charge in [-0.1, -0.05) is 18.5 Å². The summed E-state index contributed by atoms with van der Waals surface area (Å²) < 4.78 is 20.2. The molecular weight excluding hydrogens is 467 g/mol. The van der Waals surface area contributed by atoms with Crippen molar-refractivity contribution in [2.75, 3.05) is 30.3 Å². The molecule has 0 amide bonds. The molecule has 0 aromatic carbocycles. The van der Waals surface area contributed by atoms with Crippen molar-refractivity contribution in [3.8, 4) is 17.3 Å². The van der Waals surface area contributed by atoms with E-state index in [0.29, 0.717) is 47.9 Å². The highest BCUT2D eigenvalue weighted by Crippen LogP contribution is 2.31. The normalized spacial score (nSPS) is 24.5. The third-order valence-electron chi connectivity index (χ3n) is 6.79. The van der Waals surface area contributed by atoms with E-state index in [1.807, 2.05) is 6.07 Å². The Bertz CT molecular complexity index is 1020. The number of ether oxygens (including phenoxy) is 1. The van der Waals surface area contributed by atoms with Crippen LogP contribution in [0.5, 0.6) is 0 Å². The van der Waals surface area contributed by atoms with Crippen LogP contribution < -0.4 is 16.0 Å². The van der Waals surface area contributed by atoms with Gasteiger partial charge < -0.3 is 20.7 Å². The number of aromatic nitrogens is 2. The zero-order chi connectivity index (χ0) is 24.6. The Labute approximate surface area is 211 Å². The fraction of sp³-hybridized carbons (Fsp3) is 0.577. The summed E-state index contributed by atoms with van der Waals surface area (Å²) in [5.74, 6) is 0.417. The summed E-state index contributed by atoms with van der Waals surface area (Å²) in [4.78, 5) is 8.96. The van der Waals surface area contributed by atoms with Crippen molar-refractivity contribution < 1.29 is 9.13 Å². The van der Waals surface area contributed by atoms with Crippen molar-refractivity contribution in [2.45, 2.75) is 70.1 Å². The molecule has 35 heavy (non-hydrogen) atoms. The second-order valence-electron chi connectivity index (χ2n) is 9.45. The van der Waals surface area contributed by atoms with Crippen LogP contribution in [-0.4, -0.2) is 47.9 Å². The van der Waals surface area contributed by atoms with Crippen molar-refractivity contribution in [3.63, 3.8) is 0 Å². The molecule has 2 aromatic heterocycles. The van der Waals surface area contributed by atoms with Crippen LogP contribution in [0.2, 0.25) is 5.02 Å². The Balaban J connectivity index is 1.40. The SMILES string of the molecule is CCCN[C@H]1CC[C@H](Nc2cc(-c3ccc(F)c(NCC4CC(C#N)CCO4)n3)c(Cl)cn2)CC1. The van der Waals surface area contributed by atoms with Crippen LogP contribution in [0.4, 0.5) is 16.0 Å². The van der Waals surface area contributed by atoms with Gasteiger partial charge in [-0.05, 0) is 69.7 Å². The molecule has 0 radical (unpaired) electrons. The molecule has 1 aliphatic heterocycles. The lowest BCUT2D eigenvalue weighted by molar-refractivity contribution is 0.0104. The smallest absolute Gasteiger partial charge is 0.165 e. The first-order valence-corrected chi connectivity index (χ1v) is 13.0. The van der Waals surface area contributed by atoms with Crippen LogP contribution in [0.3, 0.4) is 0 Å². The summed E-state index contributed by atoms with van der Waals surface area (Å²) >= 11 is 6.46. The van der Waals surface area contributed by atoms with Crippen LogP contribution >= 0.6 is 11.6 Å². The Morgan fingerprint density at radius 2 is 2.00 bits per heavy atom. The summed E-state index contributed by atoms with van der Waals surface area (Å²) in [6, 6.07) is 8.16. The molecule has 9 heteroatoms. The van der Waals surface area contributed by atoms with Gasteiger partial charge in [-0.2, -0.15) is 5.26 Å². The first-order chi connectivity index (χ1) is 17.1. The quantitative estimate of drug-likeness (QED) is 0.425. The molecular formula is C26H34ClFN6O. The molecule has 2 aromatic rings. The highest BCUT2D eigenvalue weighted by molar-refractivity contribution is 6.33. The number of nitrogens with zero attached hydrogens (tertiary/aromatic N) is 3. The first kappa shape index (κ1) is 25.6. The molecule has 2 unspecified atom stereocenters. The van der Waals surface area contributed by atoms with E-state index in [1.165, 1.54) is 6.07 Å². The number of halogens is 2. The molecule has 3 heterocycles. The van der Waals surface area contributed by atoms with Crippen LogP contribution in [0.15, 0.2) is 24.4 Å². The summed E-state index contributed by atoms with van der Waals surface area (Å²) in [5.41, 5.74) is 1.26. The Hall–Kier alpha value is -2.47. The van der Waals surface area contributed by atoms with Gasteiger partial charge >= 0.3 is 0 Å². The predicted molar refractivity (Wildman–Crippen MR) is 137 cm³/mol. The molecule has 0 bridgehead atoms. The van der Waals surface area contributed by atoms with Crippen molar-refractivity contribution in [1.29, 1.82) is 5.26 Å². The van der Waals surface area contributed by atoms with E-state index in [9.17, 15) is 9.65 Å². The lowest BCUT2D eigenvalue weighted by atomic mass is 9.91. The maximum atomic E-state index is 14.5. The minimum atomic E-state index is -0.446. The Morgan fingerprint density at radius 3 is 2.77 bits per heavy atom. The summed E-state index contributed by atoms with van der Waals surface area (Å²) in [6.45, 7) is 4.19. The number of pyridine rings is 2. The van der Waals surface area contributed by atoms with Crippen LogP contribution in [0.25, 0.3) is 11.3 Å². The van der Waals surface area contributed by atoms with Crippen molar-refractivity contribution in [3.05, 3.63) is 35.2 Å². The number of hydrogen-bond donors (Lipinski definition) is 3. The predicted octanol–water partition coefficient (Wildman–Crippen LogP) is 5.39. The fourth-order valence-electron chi connectivity index (χ4n) is 4.78. The zero-order valence-corrected chi connectivity index (χ0v) is 21.0. The number of nitriles is 1. The molecule has 2 aliphatic rings. The van der Waals surface area contributed by atoms with Gasteiger partial charge in [0.1, 0.15) is 5.82 Å². The van der Waals surface area contributed by atoms with E-state index >= 15 is 0 Å². The molecule has 3 N–H and O–H groups in total. The van der Waals surface area contributed by atoms with Gasteiger partial charge in [0.2, 0.25) is 0 Å². The molecule has 7 nitrogen and oxygen atoms in total. The second-order valence-corrected chi connectivity index (χ2v) is 9.85. The van der Waals surface area contributed by atoms with Gasteiger partial charge in [-0.25, -0.2) is 14.4 Å². The van der Waals surface area contributed by atoms with E-state index in [2.05, 4.69) is 38.9 Å². The topological polar surface area (TPSA) is 94.9 Å². The lowest BCUT2D eigenvalue weighted by Gasteiger charge is -2.30. The van der Waals surface area contributed by atoms with Crippen molar-refractivity contribution in [1.82, 2.24) is 15.3 Å². The Kier molecular flexibility index (Phi) is 9.13. The van der Waals surface area contributed by atoms with Crippen molar-refractivity contribution in [2.24, 2.45) is 5.92 Å². The first-order valence-electron chi connectivity index (χ1n) is 12.6. The standard InChI is InChI=1S/C26H34ClFN6O/c1-2-10-30-18-3-5-19(6-4-18)33-25-13-21(22(27)16-31-25)24-8-7-23(28)26(34-24)32-15-20-12-17(14-29)9-11-35-20/h7-8,13,16-20,30H,2-6,9-12,15H2,1H3,(H,31,33)(H,32,34)/t17?,18-,19-,20?. The molecule has 0 spiro atoms. The average molecular weight is 501 g/mol. The summed E-state index contributed by atoms with van der Waals surface area (Å²) in [7, 11) is 0. The summed E-state index contributed by atoms with van der Waals surface area (Å²) in [6.07, 6.45) is 8.45. The van der Waals surface area contributed by atoms with E-state index in [-0.39, 0.29) is 17.8 Å². The van der Waals surface area contributed by atoms with E-state index in [4.69, 9.17) is 16.3 Å². The number of anilines is 2. The second kappa shape index (κ2) is 12.5. The fourth-order valence-corrected chi connectivity index (χ4v) is 4.98. The maximum Gasteiger partial charge on any atom is 0.165 e. The average Bonchev–Trinajstić information content (AvgIpc) is 2.89. The molecule has 4 rings (SSSR count). The van der Waals surface area contributed by atoms with Gasteiger partial charge in [-0.3, -0.25) is 0 Å². The number of rotatable bonds is 9. The van der Waals surface area contributed by atoms with Gasteiger partial charge in [0, 0.05) is 37.0 Å². The summed E-state index contributed by atoms with van der Waals surface area (Å²) in [5, 5.41) is 19.8. The number of nitrogens with one attached hydrogen (secondary N) is 3. The van der Waals surface area contributed by atoms with Gasteiger partial charge in [0.15, 0.2) is 11.6 Å². The van der Waals surface area contributed by atoms with Crippen molar-refractivity contribution >= 4 is 23.2 Å². The molecule has 2 fully saturated rings. The van der Waals surface area contributed by atoms with Crippen LogP contribution in [0.1, 0.15) is 51.9 Å². The third kappa shape index (κ3) is 7.03. The van der Waals surface area contributed by atoms with Crippen LogP contribution in [-0.2, 0) is 4.74 Å². The minimum absolute atomic E-state index is 0.0242.